The average molecular weight is 367 g/mol. The van der Waals surface area contributed by atoms with Crippen molar-refractivity contribution in [3.05, 3.63) is 71.8 Å². The highest BCUT2D eigenvalue weighted by Crippen LogP contribution is 2.16. The van der Waals surface area contributed by atoms with E-state index in [9.17, 15) is 9.18 Å². The molecule has 0 atom stereocenters. The first-order chi connectivity index (χ1) is 13.1. The minimum absolute atomic E-state index is 0.00809. The third-order valence-corrected chi connectivity index (χ3v) is 5.15. The molecule has 2 aromatic rings. The Morgan fingerprint density at radius 1 is 1.22 bits per heavy atom. The lowest BCUT2D eigenvalue weighted by Gasteiger charge is -2.36. The molecular weight excluding hydrogens is 341 g/mol. The predicted molar refractivity (Wildman–Crippen MR) is 106 cm³/mol. The number of aromatic nitrogens is 1. The summed E-state index contributed by atoms with van der Waals surface area (Å²) in [4.78, 5) is 21.1. The molecule has 1 aliphatic rings. The lowest BCUT2D eigenvalue weighted by Crippen LogP contribution is -2.45. The summed E-state index contributed by atoms with van der Waals surface area (Å²) >= 11 is 0. The number of benzene rings is 1. The van der Waals surface area contributed by atoms with Crippen molar-refractivity contribution in [2.24, 2.45) is 0 Å². The van der Waals surface area contributed by atoms with Gasteiger partial charge in [-0.1, -0.05) is 18.2 Å². The van der Waals surface area contributed by atoms with Crippen molar-refractivity contribution >= 4 is 12.0 Å². The molecule has 5 heteroatoms. The normalized spacial score (nSPS) is 15.9. The van der Waals surface area contributed by atoms with Crippen LogP contribution >= 0.6 is 0 Å². The Balaban J connectivity index is 1.44. The van der Waals surface area contributed by atoms with E-state index in [1.54, 1.807) is 24.3 Å². The summed E-state index contributed by atoms with van der Waals surface area (Å²) in [7, 11) is 1.87. The van der Waals surface area contributed by atoms with E-state index in [2.05, 4.69) is 16.0 Å². The minimum Gasteiger partial charge on any atom is -0.339 e. The third kappa shape index (κ3) is 5.73. The molecule has 0 saturated carbocycles. The van der Waals surface area contributed by atoms with E-state index in [0.29, 0.717) is 0 Å². The Hall–Kier alpha value is -2.53. The van der Waals surface area contributed by atoms with Gasteiger partial charge in [0.05, 0.1) is 0 Å². The van der Waals surface area contributed by atoms with Gasteiger partial charge in [0.25, 0.3) is 0 Å². The number of rotatable bonds is 6. The summed E-state index contributed by atoms with van der Waals surface area (Å²) in [5, 5.41) is 0. The van der Waals surface area contributed by atoms with Crippen LogP contribution in [0, 0.1) is 5.82 Å². The number of likely N-dealkylation sites (N-methyl/N-ethyl adjacent to an activating group) is 1. The van der Waals surface area contributed by atoms with Gasteiger partial charge in [-0.2, -0.15) is 0 Å². The smallest absolute Gasteiger partial charge is 0.246 e. The Morgan fingerprint density at radius 3 is 2.63 bits per heavy atom. The molecule has 142 valence electrons. The molecule has 0 bridgehead atoms. The first-order valence-corrected chi connectivity index (χ1v) is 9.44. The van der Waals surface area contributed by atoms with E-state index in [-0.39, 0.29) is 17.8 Å². The number of halogens is 1. The topological polar surface area (TPSA) is 36.4 Å². The summed E-state index contributed by atoms with van der Waals surface area (Å²) in [6.07, 6.45) is 8.06. The van der Waals surface area contributed by atoms with Crippen LogP contribution in [0.1, 0.15) is 24.1 Å². The zero-order valence-corrected chi connectivity index (χ0v) is 15.7. The van der Waals surface area contributed by atoms with Crippen molar-refractivity contribution in [3.63, 3.8) is 0 Å². The standard InChI is InChI=1S/C22H26FN3O/c1-25(22(27)10-7-18-5-8-19(23)9-6-18)21-12-16-26(17-13-21)15-11-20-4-2-3-14-24-20/h2-10,14,21H,11-13,15-17H2,1H3/b10-7+. The molecule has 1 amide bonds. The summed E-state index contributed by atoms with van der Waals surface area (Å²) in [6.45, 7) is 3.00. The lowest BCUT2D eigenvalue weighted by atomic mass is 10.0. The third-order valence-electron chi connectivity index (χ3n) is 5.15. The van der Waals surface area contributed by atoms with Crippen LogP contribution in [0.5, 0.6) is 0 Å². The molecular formula is C22H26FN3O. The fourth-order valence-corrected chi connectivity index (χ4v) is 3.39. The van der Waals surface area contributed by atoms with E-state index < -0.39 is 0 Å². The average Bonchev–Trinajstić information content (AvgIpc) is 2.72. The highest BCUT2D eigenvalue weighted by atomic mass is 19.1. The first kappa shape index (κ1) is 19.2. The Kier molecular flexibility index (Phi) is 6.71. The van der Waals surface area contributed by atoms with Crippen molar-refractivity contribution in [2.75, 3.05) is 26.7 Å². The van der Waals surface area contributed by atoms with Crippen LogP contribution in [0.4, 0.5) is 4.39 Å². The maximum Gasteiger partial charge on any atom is 0.246 e. The van der Waals surface area contributed by atoms with Gasteiger partial charge in [0, 0.05) is 57.1 Å². The number of carbonyl (C=O) groups excluding carboxylic acids is 1. The molecule has 0 radical (unpaired) electrons. The van der Waals surface area contributed by atoms with Crippen LogP contribution < -0.4 is 0 Å². The number of pyridine rings is 1. The van der Waals surface area contributed by atoms with Crippen molar-refractivity contribution in [3.8, 4) is 0 Å². The molecule has 1 aromatic carbocycles. The Morgan fingerprint density at radius 2 is 1.96 bits per heavy atom. The molecule has 0 aliphatic carbocycles. The van der Waals surface area contributed by atoms with Gasteiger partial charge in [-0.05, 0) is 48.7 Å². The van der Waals surface area contributed by atoms with Gasteiger partial charge in [0.1, 0.15) is 5.82 Å². The van der Waals surface area contributed by atoms with E-state index in [1.165, 1.54) is 12.1 Å². The van der Waals surface area contributed by atoms with Gasteiger partial charge in [-0.25, -0.2) is 4.39 Å². The molecule has 1 aromatic heterocycles. The highest BCUT2D eigenvalue weighted by Gasteiger charge is 2.24. The van der Waals surface area contributed by atoms with E-state index >= 15 is 0 Å². The molecule has 1 aliphatic heterocycles. The van der Waals surface area contributed by atoms with E-state index in [0.717, 1.165) is 50.2 Å². The molecule has 1 saturated heterocycles. The number of carbonyl (C=O) groups is 1. The molecule has 3 rings (SSSR count). The fraction of sp³-hybridized carbons (Fsp3) is 0.364. The maximum atomic E-state index is 12.9. The summed E-state index contributed by atoms with van der Waals surface area (Å²) < 4.78 is 12.9. The second-order valence-corrected chi connectivity index (χ2v) is 6.98. The van der Waals surface area contributed by atoms with E-state index in [1.807, 2.05) is 30.3 Å². The zero-order valence-electron chi connectivity index (χ0n) is 15.7. The number of amides is 1. The van der Waals surface area contributed by atoms with Gasteiger partial charge in [0.2, 0.25) is 5.91 Å². The monoisotopic (exact) mass is 367 g/mol. The number of nitrogens with zero attached hydrogens (tertiary/aromatic N) is 3. The Bertz CT molecular complexity index is 753. The highest BCUT2D eigenvalue weighted by molar-refractivity contribution is 5.91. The summed E-state index contributed by atoms with van der Waals surface area (Å²) in [6, 6.07) is 12.4. The van der Waals surface area contributed by atoms with Gasteiger partial charge in [0.15, 0.2) is 0 Å². The maximum absolute atomic E-state index is 12.9. The summed E-state index contributed by atoms with van der Waals surface area (Å²) in [5.74, 6) is -0.281. The van der Waals surface area contributed by atoms with Crippen molar-refractivity contribution in [1.82, 2.24) is 14.8 Å². The number of piperidine rings is 1. The largest absolute Gasteiger partial charge is 0.339 e. The molecule has 2 heterocycles. The Labute approximate surface area is 160 Å². The number of likely N-dealkylation sites (tertiary alicyclic amines) is 1. The fourth-order valence-electron chi connectivity index (χ4n) is 3.39. The van der Waals surface area contributed by atoms with Crippen LogP contribution in [0.2, 0.25) is 0 Å². The van der Waals surface area contributed by atoms with Crippen molar-refractivity contribution in [1.29, 1.82) is 0 Å². The van der Waals surface area contributed by atoms with Crippen LogP contribution in [0.15, 0.2) is 54.7 Å². The van der Waals surface area contributed by atoms with Crippen LogP contribution in [0.3, 0.4) is 0 Å². The van der Waals surface area contributed by atoms with Gasteiger partial charge >= 0.3 is 0 Å². The first-order valence-electron chi connectivity index (χ1n) is 9.44. The quantitative estimate of drug-likeness (QED) is 0.734. The number of hydrogen-bond acceptors (Lipinski definition) is 3. The van der Waals surface area contributed by atoms with Crippen molar-refractivity contribution in [2.45, 2.75) is 25.3 Å². The molecule has 27 heavy (non-hydrogen) atoms. The molecule has 0 spiro atoms. The number of hydrogen-bond donors (Lipinski definition) is 0. The van der Waals surface area contributed by atoms with Crippen LogP contribution in [0.25, 0.3) is 6.08 Å². The van der Waals surface area contributed by atoms with Gasteiger partial charge in [-0.15, -0.1) is 0 Å². The molecule has 0 unspecified atom stereocenters. The summed E-state index contributed by atoms with van der Waals surface area (Å²) in [5.41, 5.74) is 1.94. The zero-order chi connectivity index (χ0) is 19.1. The van der Waals surface area contributed by atoms with Gasteiger partial charge < -0.3 is 9.80 Å². The van der Waals surface area contributed by atoms with Gasteiger partial charge in [-0.3, -0.25) is 9.78 Å². The molecule has 1 fully saturated rings. The van der Waals surface area contributed by atoms with E-state index in [4.69, 9.17) is 0 Å². The molecule has 4 nitrogen and oxygen atoms in total. The second kappa shape index (κ2) is 9.42. The lowest BCUT2D eigenvalue weighted by molar-refractivity contribution is -0.127. The minimum atomic E-state index is -0.273. The van der Waals surface area contributed by atoms with Crippen molar-refractivity contribution < 1.29 is 9.18 Å². The predicted octanol–water partition coefficient (Wildman–Crippen LogP) is 3.40. The second-order valence-electron chi connectivity index (χ2n) is 6.98. The molecule has 0 N–H and O–H groups in total. The van der Waals surface area contributed by atoms with Crippen LogP contribution in [-0.4, -0.2) is 53.4 Å². The van der Waals surface area contributed by atoms with Crippen LogP contribution in [-0.2, 0) is 11.2 Å². The SMILES string of the molecule is CN(C(=O)/C=C/c1ccc(F)cc1)C1CCN(CCc2ccccn2)CC1.